The number of ketones is 1. The lowest BCUT2D eigenvalue weighted by Crippen LogP contribution is -2.37. The molecule has 1 aromatic heterocycles. The predicted molar refractivity (Wildman–Crippen MR) is 101 cm³/mol. The number of hydrogen-bond donors (Lipinski definition) is 1. The second kappa shape index (κ2) is 7.92. The Kier molecular flexibility index (Phi) is 5.01. The van der Waals surface area contributed by atoms with Crippen LogP contribution in [0.25, 0.3) is 0 Å². The van der Waals surface area contributed by atoms with E-state index in [0.717, 1.165) is 5.56 Å². The zero-order valence-corrected chi connectivity index (χ0v) is 15.1. The highest BCUT2D eigenvalue weighted by Crippen LogP contribution is 2.32. The van der Waals surface area contributed by atoms with E-state index in [2.05, 4.69) is 5.32 Å². The van der Waals surface area contributed by atoms with Crippen molar-refractivity contribution in [1.82, 2.24) is 5.32 Å². The minimum atomic E-state index is -0.155. The zero-order valence-electron chi connectivity index (χ0n) is 15.1. The molecule has 2 heterocycles. The fraction of sp³-hybridized carbons (Fsp3) is 0.136. The highest BCUT2D eigenvalue weighted by Gasteiger charge is 2.18. The zero-order chi connectivity index (χ0) is 19.3. The van der Waals surface area contributed by atoms with Gasteiger partial charge in [0.15, 0.2) is 23.9 Å². The van der Waals surface area contributed by atoms with Crippen molar-refractivity contribution in [2.45, 2.75) is 13.1 Å². The van der Waals surface area contributed by atoms with Crippen LogP contribution in [0.15, 0.2) is 73.1 Å². The van der Waals surface area contributed by atoms with Crippen molar-refractivity contribution in [3.63, 3.8) is 0 Å². The van der Waals surface area contributed by atoms with Crippen molar-refractivity contribution < 1.29 is 23.6 Å². The molecule has 0 fully saturated rings. The predicted octanol–water partition coefficient (Wildman–Crippen LogP) is 2.52. The van der Waals surface area contributed by atoms with Crippen LogP contribution >= 0.6 is 0 Å². The number of carbonyl (C=O) groups excluding carboxylic acids is 2. The number of rotatable bonds is 6. The maximum atomic E-state index is 12.5. The number of nitrogens with zero attached hydrogens (tertiary/aromatic N) is 1. The van der Waals surface area contributed by atoms with E-state index in [1.54, 1.807) is 47.3 Å². The quantitative estimate of drug-likeness (QED) is 0.531. The third-order valence-corrected chi connectivity index (χ3v) is 4.47. The average Bonchev–Trinajstić information content (AvgIpc) is 3.21. The number of pyridine rings is 1. The third kappa shape index (κ3) is 4.01. The van der Waals surface area contributed by atoms with Crippen molar-refractivity contribution in [2.75, 3.05) is 6.79 Å². The van der Waals surface area contributed by atoms with E-state index >= 15 is 0 Å². The van der Waals surface area contributed by atoms with Crippen LogP contribution in [0.4, 0.5) is 0 Å². The summed E-state index contributed by atoms with van der Waals surface area (Å²) in [5.74, 6) is 1.03. The molecule has 0 aliphatic carbocycles. The van der Waals surface area contributed by atoms with Crippen LogP contribution < -0.4 is 19.4 Å². The molecule has 0 bridgehead atoms. The number of benzene rings is 2. The Balaban J connectivity index is 1.36. The summed E-state index contributed by atoms with van der Waals surface area (Å²) in [6.45, 7) is 0.818. The lowest BCUT2D eigenvalue weighted by molar-refractivity contribution is -0.683. The number of aromatic nitrogens is 1. The molecule has 4 rings (SSSR count). The molecule has 2 aromatic carbocycles. The fourth-order valence-electron chi connectivity index (χ4n) is 2.92. The lowest BCUT2D eigenvalue weighted by atomic mass is 10.1. The first kappa shape index (κ1) is 17.7. The highest BCUT2D eigenvalue weighted by molar-refractivity contribution is 5.96. The Morgan fingerprint density at radius 2 is 1.64 bits per heavy atom. The number of Topliss-reactive ketones (excluding diaryl/α,β-unsaturated/α-hetero) is 1. The minimum Gasteiger partial charge on any atom is -0.454 e. The van der Waals surface area contributed by atoms with Gasteiger partial charge in [0.2, 0.25) is 19.1 Å². The summed E-state index contributed by atoms with van der Waals surface area (Å²) in [7, 11) is 0. The van der Waals surface area contributed by atoms with Gasteiger partial charge in [-0.05, 0) is 23.8 Å². The Morgan fingerprint density at radius 1 is 0.893 bits per heavy atom. The van der Waals surface area contributed by atoms with Crippen LogP contribution in [0.2, 0.25) is 0 Å². The van der Waals surface area contributed by atoms with Gasteiger partial charge < -0.3 is 14.8 Å². The lowest BCUT2D eigenvalue weighted by Gasteiger charge is -2.05. The first-order chi connectivity index (χ1) is 13.7. The number of hydrogen-bond acceptors (Lipinski definition) is 4. The molecule has 0 unspecified atom stereocenters. The van der Waals surface area contributed by atoms with E-state index in [9.17, 15) is 9.59 Å². The first-order valence-corrected chi connectivity index (χ1v) is 8.93. The van der Waals surface area contributed by atoms with Gasteiger partial charge in [-0.3, -0.25) is 9.59 Å². The van der Waals surface area contributed by atoms with E-state index in [1.165, 1.54) is 0 Å². The molecule has 1 aliphatic heterocycles. The molecular weight excluding hydrogens is 356 g/mol. The second-order valence-electron chi connectivity index (χ2n) is 6.42. The van der Waals surface area contributed by atoms with Gasteiger partial charge in [-0.25, -0.2) is 0 Å². The van der Waals surface area contributed by atoms with Gasteiger partial charge in [-0.15, -0.1) is 0 Å². The van der Waals surface area contributed by atoms with E-state index in [0.29, 0.717) is 29.2 Å². The molecule has 0 atom stereocenters. The summed E-state index contributed by atoms with van der Waals surface area (Å²) in [4.78, 5) is 24.8. The van der Waals surface area contributed by atoms with Crippen LogP contribution in [0.3, 0.4) is 0 Å². The molecule has 1 amide bonds. The molecule has 28 heavy (non-hydrogen) atoms. The number of carbonyl (C=O) groups is 2. The molecule has 0 saturated carbocycles. The summed E-state index contributed by atoms with van der Waals surface area (Å²) in [5, 5.41) is 2.88. The van der Waals surface area contributed by atoms with Gasteiger partial charge >= 0.3 is 0 Å². The van der Waals surface area contributed by atoms with Gasteiger partial charge in [0, 0.05) is 24.2 Å². The molecule has 1 aliphatic rings. The van der Waals surface area contributed by atoms with Crippen LogP contribution in [0.1, 0.15) is 26.3 Å². The molecule has 0 saturated heterocycles. The Labute approximate surface area is 162 Å². The van der Waals surface area contributed by atoms with Crippen molar-refractivity contribution >= 4 is 11.7 Å². The van der Waals surface area contributed by atoms with Gasteiger partial charge in [0.25, 0.3) is 5.91 Å². The third-order valence-electron chi connectivity index (χ3n) is 4.47. The molecule has 0 radical (unpaired) electrons. The van der Waals surface area contributed by atoms with Crippen LogP contribution in [-0.2, 0) is 13.1 Å². The molecule has 0 spiro atoms. The summed E-state index contributed by atoms with van der Waals surface area (Å²) >= 11 is 0. The monoisotopic (exact) mass is 375 g/mol. The normalized spacial score (nSPS) is 11.9. The van der Waals surface area contributed by atoms with Crippen molar-refractivity contribution in [3.05, 3.63) is 89.7 Å². The Bertz CT molecular complexity index is 1000. The van der Waals surface area contributed by atoms with Crippen molar-refractivity contribution in [3.8, 4) is 11.5 Å². The Hall–Kier alpha value is -3.67. The number of nitrogens with one attached hydrogen (secondary N) is 1. The minimum absolute atomic E-state index is 0.0513. The van der Waals surface area contributed by atoms with E-state index in [-0.39, 0.29) is 25.0 Å². The van der Waals surface area contributed by atoms with Gasteiger partial charge in [0.1, 0.15) is 0 Å². The fourth-order valence-corrected chi connectivity index (χ4v) is 2.92. The van der Waals surface area contributed by atoms with Gasteiger partial charge in [-0.2, -0.15) is 4.57 Å². The molecule has 6 heteroatoms. The maximum Gasteiger partial charge on any atom is 0.252 e. The first-order valence-electron chi connectivity index (χ1n) is 8.93. The summed E-state index contributed by atoms with van der Waals surface area (Å²) < 4.78 is 12.3. The van der Waals surface area contributed by atoms with Crippen LogP contribution in [-0.4, -0.2) is 18.5 Å². The average molecular weight is 375 g/mol. The summed E-state index contributed by atoms with van der Waals surface area (Å²) in [5.41, 5.74) is 2.14. The van der Waals surface area contributed by atoms with E-state index < -0.39 is 0 Å². The molecule has 3 aromatic rings. The van der Waals surface area contributed by atoms with Gasteiger partial charge in [-0.1, -0.05) is 30.3 Å². The molecule has 6 nitrogen and oxygen atoms in total. The molecule has 1 N–H and O–H groups in total. The molecular formula is C22H19N2O4+. The van der Waals surface area contributed by atoms with E-state index in [4.69, 9.17) is 9.47 Å². The summed E-state index contributed by atoms with van der Waals surface area (Å²) in [6, 6.07) is 18.3. The SMILES string of the molecule is O=C(C[n+]1ccc(C(=O)NCc2ccccc2)cc1)c1ccc2c(c1)OCO2. The van der Waals surface area contributed by atoms with Crippen LogP contribution in [0, 0.1) is 0 Å². The number of ether oxygens (including phenoxy) is 2. The van der Waals surface area contributed by atoms with Crippen LogP contribution in [0.5, 0.6) is 11.5 Å². The van der Waals surface area contributed by atoms with E-state index in [1.807, 2.05) is 30.3 Å². The largest absolute Gasteiger partial charge is 0.454 e. The maximum absolute atomic E-state index is 12.5. The molecule has 140 valence electrons. The van der Waals surface area contributed by atoms with Crippen molar-refractivity contribution in [1.29, 1.82) is 0 Å². The standard InChI is InChI=1S/C22H18N2O4/c25-19(18-6-7-20-21(12-18)28-15-27-20)14-24-10-8-17(9-11-24)22(26)23-13-16-4-2-1-3-5-16/h1-12H,13-15H2/p+1. The van der Waals surface area contributed by atoms with Crippen molar-refractivity contribution in [2.24, 2.45) is 0 Å². The number of fused-ring (bicyclic) bond motifs is 1. The summed E-state index contributed by atoms with van der Waals surface area (Å²) in [6.07, 6.45) is 3.45. The second-order valence-corrected chi connectivity index (χ2v) is 6.42. The van der Waals surface area contributed by atoms with Gasteiger partial charge in [0.05, 0.1) is 5.56 Å². The Morgan fingerprint density at radius 3 is 2.43 bits per heavy atom. The highest BCUT2D eigenvalue weighted by atomic mass is 16.7. The number of amides is 1. The topological polar surface area (TPSA) is 68.5 Å². The smallest absolute Gasteiger partial charge is 0.252 e.